The molecule has 16 heavy (non-hydrogen) atoms. The molecule has 0 spiro atoms. The fourth-order valence-electron chi connectivity index (χ4n) is 1.35. The zero-order valence-electron chi connectivity index (χ0n) is 8.45. The van der Waals surface area contributed by atoms with Crippen LogP contribution in [0.2, 0.25) is 10.2 Å². The Balaban J connectivity index is 2.58. The van der Waals surface area contributed by atoms with E-state index in [1.54, 1.807) is 31.5 Å². The highest BCUT2D eigenvalue weighted by atomic mass is 35.5. The van der Waals surface area contributed by atoms with Crippen molar-refractivity contribution in [2.24, 2.45) is 0 Å². The van der Waals surface area contributed by atoms with Gasteiger partial charge in [-0.2, -0.15) is 0 Å². The Bertz CT molecular complexity index is 517. The van der Waals surface area contributed by atoms with Gasteiger partial charge in [0.1, 0.15) is 10.9 Å². The Morgan fingerprint density at radius 2 is 2.00 bits per heavy atom. The minimum absolute atomic E-state index is 0.333. The number of methoxy groups -OCH3 is 1. The van der Waals surface area contributed by atoms with Gasteiger partial charge >= 0.3 is 0 Å². The molecular formula is C11H8Cl2N2O. The van der Waals surface area contributed by atoms with Crippen LogP contribution in [0.4, 0.5) is 0 Å². The molecule has 0 amide bonds. The van der Waals surface area contributed by atoms with E-state index < -0.39 is 0 Å². The summed E-state index contributed by atoms with van der Waals surface area (Å²) < 4.78 is 5.23. The van der Waals surface area contributed by atoms with Gasteiger partial charge in [-0.25, -0.2) is 4.98 Å². The molecule has 0 bridgehead atoms. The average molecular weight is 255 g/mol. The van der Waals surface area contributed by atoms with Crippen LogP contribution in [0.15, 0.2) is 30.6 Å². The Morgan fingerprint density at radius 3 is 2.69 bits per heavy atom. The third-order valence-corrected chi connectivity index (χ3v) is 2.46. The van der Waals surface area contributed by atoms with Crippen LogP contribution in [0.3, 0.4) is 0 Å². The van der Waals surface area contributed by atoms with Crippen molar-refractivity contribution < 1.29 is 4.74 Å². The maximum absolute atomic E-state index is 5.93. The van der Waals surface area contributed by atoms with E-state index in [1.807, 2.05) is 0 Å². The van der Waals surface area contributed by atoms with E-state index >= 15 is 0 Å². The van der Waals surface area contributed by atoms with Crippen molar-refractivity contribution >= 4 is 23.2 Å². The van der Waals surface area contributed by atoms with Crippen molar-refractivity contribution in [3.63, 3.8) is 0 Å². The minimum Gasteiger partial charge on any atom is -0.496 e. The summed E-state index contributed by atoms with van der Waals surface area (Å²) in [7, 11) is 1.59. The van der Waals surface area contributed by atoms with Crippen LogP contribution in [0.5, 0.6) is 5.75 Å². The number of ether oxygens (including phenoxy) is 1. The highest BCUT2D eigenvalue weighted by Gasteiger charge is 2.08. The van der Waals surface area contributed by atoms with Gasteiger partial charge in [-0.3, -0.25) is 4.98 Å². The highest BCUT2D eigenvalue weighted by molar-refractivity contribution is 6.31. The summed E-state index contributed by atoms with van der Waals surface area (Å²) >= 11 is 11.7. The number of rotatable bonds is 2. The monoisotopic (exact) mass is 254 g/mol. The first kappa shape index (κ1) is 11.2. The summed E-state index contributed by atoms with van der Waals surface area (Å²) in [4.78, 5) is 8.13. The van der Waals surface area contributed by atoms with Crippen molar-refractivity contribution in [2.45, 2.75) is 0 Å². The van der Waals surface area contributed by atoms with Gasteiger partial charge in [0.2, 0.25) is 0 Å². The molecule has 1 heterocycles. The predicted octanol–water partition coefficient (Wildman–Crippen LogP) is 3.46. The van der Waals surface area contributed by atoms with Gasteiger partial charge in [0, 0.05) is 10.6 Å². The lowest BCUT2D eigenvalue weighted by Gasteiger charge is -2.07. The zero-order chi connectivity index (χ0) is 11.5. The van der Waals surface area contributed by atoms with Crippen LogP contribution in [0, 0.1) is 0 Å². The van der Waals surface area contributed by atoms with Crippen molar-refractivity contribution in [2.75, 3.05) is 7.11 Å². The number of nitrogens with zero attached hydrogens (tertiary/aromatic N) is 2. The van der Waals surface area contributed by atoms with E-state index in [1.165, 1.54) is 6.20 Å². The van der Waals surface area contributed by atoms with Gasteiger partial charge < -0.3 is 4.74 Å². The summed E-state index contributed by atoms with van der Waals surface area (Å²) in [6.45, 7) is 0. The lowest BCUT2D eigenvalue weighted by molar-refractivity contribution is 0.416. The second-order valence-electron chi connectivity index (χ2n) is 3.07. The van der Waals surface area contributed by atoms with E-state index in [9.17, 15) is 0 Å². The molecule has 0 atom stereocenters. The van der Waals surface area contributed by atoms with Gasteiger partial charge in [0.25, 0.3) is 0 Å². The number of halogens is 2. The molecular weight excluding hydrogens is 247 g/mol. The molecule has 5 heteroatoms. The quantitative estimate of drug-likeness (QED) is 0.824. The van der Waals surface area contributed by atoms with E-state index in [-0.39, 0.29) is 0 Å². The molecule has 3 nitrogen and oxygen atoms in total. The number of hydrogen-bond acceptors (Lipinski definition) is 3. The van der Waals surface area contributed by atoms with E-state index in [0.29, 0.717) is 21.6 Å². The Labute approximate surface area is 103 Å². The summed E-state index contributed by atoms with van der Waals surface area (Å²) in [5.41, 5.74) is 1.40. The Hall–Kier alpha value is -1.32. The van der Waals surface area contributed by atoms with Crippen molar-refractivity contribution in [3.8, 4) is 17.0 Å². The van der Waals surface area contributed by atoms with Crippen molar-refractivity contribution in [1.82, 2.24) is 9.97 Å². The first-order valence-corrected chi connectivity index (χ1v) is 5.28. The molecule has 0 radical (unpaired) electrons. The van der Waals surface area contributed by atoms with Crippen LogP contribution in [-0.2, 0) is 0 Å². The lowest BCUT2D eigenvalue weighted by atomic mass is 10.1. The van der Waals surface area contributed by atoms with Crippen LogP contribution in [-0.4, -0.2) is 17.1 Å². The highest BCUT2D eigenvalue weighted by Crippen LogP contribution is 2.31. The van der Waals surface area contributed by atoms with Gasteiger partial charge in [-0.05, 0) is 18.2 Å². The van der Waals surface area contributed by atoms with Gasteiger partial charge in [0.05, 0.1) is 25.2 Å². The normalized spacial score (nSPS) is 10.2. The summed E-state index contributed by atoms with van der Waals surface area (Å²) in [5, 5.41) is 0.942. The maximum Gasteiger partial charge on any atom is 0.148 e. The molecule has 0 N–H and O–H groups in total. The lowest BCUT2D eigenvalue weighted by Crippen LogP contribution is -1.91. The van der Waals surface area contributed by atoms with Gasteiger partial charge in [-0.15, -0.1) is 0 Å². The molecule has 0 saturated carbocycles. The minimum atomic E-state index is 0.333. The third-order valence-electron chi connectivity index (χ3n) is 2.04. The third kappa shape index (κ3) is 2.26. The number of aromatic nitrogens is 2. The molecule has 0 aliphatic carbocycles. The molecule has 0 aliphatic rings. The second-order valence-corrected chi connectivity index (χ2v) is 3.90. The molecule has 82 valence electrons. The number of hydrogen-bond donors (Lipinski definition) is 0. The molecule has 0 aliphatic heterocycles. The Morgan fingerprint density at radius 1 is 1.19 bits per heavy atom. The van der Waals surface area contributed by atoms with Crippen LogP contribution in [0.1, 0.15) is 0 Å². The zero-order valence-corrected chi connectivity index (χ0v) is 9.96. The SMILES string of the molecule is COc1ccc(Cl)cc1-c1cncc(Cl)n1. The molecule has 0 fully saturated rings. The summed E-state index contributed by atoms with van der Waals surface area (Å²) in [6.07, 6.45) is 3.09. The molecule has 2 aromatic rings. The molecule has 0 saturated heterocycles. The van der Waals surface area contributed by atoms with E-state index in [0.717, 1.165) is 5.56 Å². The largest absolute Gasteiger partial charge is 0.496 e. The summed E-state index contributed by atoms with van der Waals surface area (Å²) in [6, 6.07) is 5.29. The Kier molecular flexibility index (Phi) is 3.27. The first-order chi connectivity index (χ1) is 7.70. The van der Waals surface area contributed by atoms with Crippen LogP contribution in [0.25, 0.3) is 11.3 Å². The fraction of sp³-hybridized carbons (Fsp3) is 0.0909. The average Bonchev–Trinajstić information content (AvgIpc) is 2.29. The molecule has 1 aromatic carbocycles. The molecule has 1 aromatic heterocycles. The van der Waals surface area contributed by atoms with E-state index in [4.69, 9.17) is 27.9 Å². The van der Waals surface area contributed by atoms with E-state index in [2.05, 4.69) is 9.97 Å². The van der Waals surface area contributed by atoms with Crippen LogP contribution >= 0.6 is 23.2 Å². The maximum atomic E-state index is 5.93. The first-order valence-electron chi connectivity index (χ1n) is 4.52. The van der Waals surface area contributed by atoms with Crippen LogP contribution < -0.4 is 4.74 Å². The molecule has 2 rings (SSSR count). The topological polar surface area (TPSA) is 35.0 Å². The standard InChI is InChI=1S/C11H8Cl2N2O/c1-16-10-3-2-7(12)4-8(10)9-5-14-6-11(13)15-9/h2-6H,1H3. The fourth-order valence-corrected chi connectivity index (χ4v) is 1.67. The second kappa shape index (κ2) is 4.68. The predicted molar refractivity (Wildman–Crippen MR) is 64.0 cm³/mol. The van der Waals surface area contributed by atoms with Gasteiger partial charge in [0.15, 0.2) is 0 Å². The van der Waals surface area contributed by atoms with Gasteiger partial charge in [-0.1, -0.05) is 23.2 Å². The van der Waals surface area contributed by atoms with Crippen molar-refractivity contribution in [1.29, 1.82) is 0 Å². The summed E-state index contributed by atoms with van der Waals surface area (Å²) in [5.74, 6) is 0.681. The van der Waals surface area contributed by atoms with Crippen molar-refractivity contribution in [3.05, 3.63) is 40.8 Å². The molecule has 0 unspecified atom stereocenters. The smallest absolute Gasteiger partial charge is 0.148 e. The number of benzene rings is 1.